The molecule has 1 aromatic rings. The van der Waals surface area contributed by atoms with Crippen molar-refractivity contribution in [1.82, 2.24) is 20.1 Å². The van der Waals surface area contributed by atoms with E-state index in [-0.39, 0.29) is 12.5 Å². The highest BCUT2D eigenvalue weighted by Crippen LogP contribution is 2.17. The molecule has 6 nitrogen and oxygen atoms in total. The Morgan fingerprint density at radius 1 is 1.56 bits per heavy atom. The fraction of sp³-hybridized carbons (Fsp3) is 0.700. The molecule has 1 aliphatic rings. The number of aromatic nitrogens is 3. The molecule has 0 spiro atoms. The number of carbonyl (C=O) groups excluding carboxylic acids is 1. The molecule has 0 bridgehead atoms. The lowest BCUT2D eigenvalue weighted by atomic mass is 10.2. The Hall–Kier alpha value is -1.43. The van der Waals surface area contributed by atoms with Crippen LogP contribution in [0, 0.1) is 0 Å². The molecule has 1 fully saturated rings. The second-order valence-electron chi connectivity index (χ2n) is 4.11. The first-order chi connectivity index (χ1) is 7.78. The van der Waals surface area contributed by atoms with Crippen LogP contribution in [0.15, 0.2) is 6.33 Å². The Labute approximate surface area is 94.2 Å². The van der Waals surface area contributed by atoms with Gasteiger partial charge in [0.2, 0.25) is 5.91 Å². The van der Waals surface area contributed by atoms with Crippen molar-refractivity contribution in [2.24, 2.45) is 5.73 Å². The van der Waals surface area contributed by atoms with Gasteiger partial charge in [0.1, 0.15) is 12.9 Å². The minimum atomic E-state index is 0.000344. The third-order valence-electron chi connectivity index (χ3n) is 2.79. The molecule has 1 aliphatic carbocycles. The molecule has 16 heavy (non-hydrogen) atoms. The average Bonchev–Trinajstić information content (AvgIpc) is 2.89. The van der Waals surface area contributed by atoms with E-state index in [0.29, 0.717) is 18.4 Å². The van der Waals surface area contributed by atoms with Crippen molar-refractivity contribution >= 4 is 5.91 Å². The molecule has 0 aromatic carbocycles. The van der Waals surface area contributed by atoms with Gasteiger partial charge in [-0.1, -0.05) is 12.8 Å². The highest BCUT2D eigenvalue weighted by atomic mass is 16.2. The summed E-state index contributed by atoms with van der Waals surface area (Å²) in [5, 5.41) is 7.06. The van der Waals surface area contributed by atoms with Crippen molar-refractivity contribution in [3.8, 4) is 0 Å². The first kappa shape index (κ1) is 11.1. The molecule has 0 radical (unpaired) electrons. The van der Waals surface area contributed by atoms with E-state index in [2.05, 4.69) is 15.4 Å². The number of nitrogens with two attached hydrogens (primary N) is 1. The van der Waals surface area contributed by atoms with Crippen LogP contribution >= 0.6 is 0 Å². The summed E-state index contributed by atoms with van der Waals surface area (Å²) in [7, 11) is 0. The van der Waals surface area contributed by atoms with Crippen molar-refractivity contribution in [3.63, 3.8) is 0 Å². The Morgan fingerprint density at radius 3 is 2.94 bits per heavy atom. The molecule has 0 aliphatic heterocycles. The minimum Gasteiger partial charge on any atom is -0.352 e. The third kappa shape index (κ3) is 2.79. The molecule has 0 saturated heterocycles. The van der Waals surface area contributed by atoms with Gasteiger partial charge in [0, 0.05) is 6.04 Å². The first-order valence-electron chi connectivity index (χ1n) is 5.65. The average molecular weight is 223 g/mol. The van der Waals surface area contributed by atoms with Crippen LogP contribution in [-0.4, -0.2) is 26.7 Å². The van der Waals surface area contributed by atoms with Crippen molar-refractivity contribution in [2.45, 2.75) is 44.8 Å². The van der Waals surface area contributed by atoms with E-state index in [0.717, 1.165) is 12.8 Å². The number of nitrogens with one attached hydrogen (secondary N) is 1. The van der Waals surface area contributed by atoms with Gasteiger partial charge in [-0.05, 0) is 12.8 Å². The van der Waals surface area contributed by atoms with E-state index in [1.54, 1.807) is 0 Å². The Morgan fingerprint density at radius 2 is 2.31 bits per heavy atom. The summed E-state index contributed by atoms with van der Waals surface area (Å²) in [6, 6.07) is 0.352. The minimum absolute atomic E-state index is 0.000344. The summed E-state index contributed by atoms with van der Waals surface area (Å²) in [6.07, 6.45) is 6.15. The third-order valence-corrected chi connectivity index (χ3v) is 2.79. The summed E-state index contributed by atoms with van der Waals surface area (Å²) in [6.45, 7) is 0.529. The predicted molar refractivity (Wildman–Crippen MR) is 58.3 cm³/mol. The van der Waals surface area contributed by atoms with Crippen LogP contribution in [0.3, 0.4) is 0 Å². The lowest BCUT2D eigenvalue weighted by molar-refractivity contribution is -0.122. The van der Waals surface area contributed by atoms with Gasteiger partial charge in [0.25, 0.3) is 0 Å². The predicted octanol–water partition coefficient (Wildman–Crippen LogP) is -0.204. The number of rotatable bonds is 4. The van der Waals surface area contributed by atoms with Gasteiger partial charge in [-0.2, -0.15) is 5.10 Å². The van der Waals surface area contributed by atoms with Gasteiger partial charge in [-0.3, -0.25) is 4.79 Å². The standard InChI is InChI=1S/C10H17N5O/c11-5-9-12-7-15(14-9)6-10(16)13-8-3-1-2-4-8/h7-8H,1-6,11H2,(H,13,16). The zero-order chi connectivity index (χ0) is 11.4. The molecule has 1 amide bonds. The van der Waals surface area contributed by atoms with Gasteiger partial charge < -0.3 is 11.1 Å². The summed E-state index contributed by atoms with van der Waals surface area (Å²) >= 11 is 0. The SMILES string of the molecule is NCc1ncn(CC(=O)NC2CCCC2)n1. The van der Waals surface area contributed by atoms with Crippen LogP contribution < -0.4 is 11.1 Å². The lowest BCUT2D eigenvalue weighted by Gasteiger charge is -2.11. The Balaban J connectivity index is 1.81. The molecular weight excluding hydrogens is 206 g/mol. The second kappa shape index (κ2) is 5.07. The largest absolute Gasteiger partial charge is 0.352 e. The molecule has 2 rings (SSSR count). The van der Waals surface area contributed by atoms with E-state index in [1.165, 1.54) is 23.9 Å². The molecule has 1 aromatic heterocycles. The molecule has 3 N–H and O–H groups in total. The number of nitrogens with zero attached hydrogens (tertiary/aromatic N) is 3. The monoisotopic (exact) mass is 223 g/mol. The fourth-order valence-electron chi connectivity index (χ4n) is 1.99. The van der Waals surface area contributed by atoms with Crippen LogP contribution in [-0.2, 0) is 17.9 Å². The van der Waals surface area contributed by atoms with Gasteiger partial charge in [0.05, 0.1) is 6.54 Å². The Bertz CT molecular complexity index is 356. The van der Waals surface area contributed by atoms with Crippen molar-refractivity contribution in [2.75, 3.05) is 0 Å². The molecule has 88 valence electrons. The van der Waals surface area contributed by atoms with Gasteiger partial charge >= 0.3 is 0 Å². The molecule has 1 saturated carbocycles. The topological polar surface area (TPSA) is 85.8 Å². The number of amides is 1. The maximum Gasteiger partial charge on any atom is 0.242 e. The van der Waals surface area contributed by atoms with Crippen molar-refractivity contribution < 1.29 is 4.79 Å². The normalized spacial score (nSPS) is 16.6. The smallest absolute Gasteiger partial charge is 0.242 e. The van der Waals surface area contributed by atoms with Gasteiger partial charge in [-0.15, -0.1) is 0 Å². The van der Waals surface area contributed by atoms with E-state index < -0.39 is 0 Å². The zero-order valence-corrected chi connectivity index (χ0v) is 9.22. The highest BCUT2D eigenvalue weighted by molar-refractivity contribution is 5.75. The summed E-state index contributed by atoms with van der Waals surface area (Å²) in [5.41, 5.74) is 5.39. The van der Waals surface area contributed by atoms with E-state index in [9.17, 15) is 4.79 Å². The summed E-state index contributed by atoms with van der Waals surface area (Å²) < 4.78 is 1.52. The number of hydrogen-bond acceptors (Lipinski definition) is 4. The second-order valence-corrected chi connectivity index (χ2v) is 4.11. The molecule has 0 unspecified atom stereocenters. The van der Waals surface area contributed by atoms with E-state index >= 15 is 0 Å². The van der Waals surface area contributed by atoms with Crippen LogP contribution in [0.1, 0.15) is 31.5 Å². The van der Waals surface area contributed by atoms with E-state index in [1.807, 2.05) is 0 Å². The van der Waals surface area contributed by atoms with Crippen LogP contribution in [0.25, 0.3) is 0 Å². The molecule has 6 heteroatoms. The quantitative estimate of drug-likeness (QED) is 0.740. The number of carbonyl (C=O) groups is 1. The zero-order valence-electron chi connectivity index (χ0n) is 9.22. The molecule has 1 heterocycles. The maximum atomic E-state index is 11.6. The molecular formula is C10H17N5O. The van der Waals surface area contributed by atoms with Crippen molar-refractivity contribution in [1.29, 1.82) is 0 Å². The van der Waals surface area contributed by atoms with Gasteiger partial charge in [-0.25, -0.2) is 9.67 Å². The maximum absolute atomic E-state index is 11.6. The lowest BCUT2D eigenvalue weighted by Crippen LogP contribution is -2.35. The fourth-order valence-corrected chi connectivity index (χ4v) is 1.99. The number of hydrogen-bond donors (Lipinski definition) is 2. The summed E-state index contributed by atoms with van der Waals surface area (Å²) in [4.78, 5) is 15.6. The van der Waals surface area contributed by atoms with Crippen LogP contribution in [0.5, 0.6) is 0 Å². The first-order valence-corrected chi connectivity index (χ1v) is 5.65. The van der Waals surface area contributed by atoms with Crippen molar-refractivity contribution in [3.05, 3.63) is 12.2 Å². The van der Waals surface area contributed by atoms with Crippen LogP contribution in [0.4, 0.5) is 0 Å². The van der Waals surface area contributed by atoms with Crippen LogP contribution in [0.2, 0.25) is 0 Å². The Kier molecular flexibility index (Phi) is 3.51. The van der Waals surface area contributed by atoms with E-state index in [4.69, 9.17) is 5.73 Å². The van der Waals surface area contributed by atoms with Gasteiger partial charge in [0.15, 0.2) is 5.82 Å². The highest BCUT2D eigenvalue weighted by Gasteiger charge is 2.17. The molecule has 0 atom stereocenters. The summed E-state index contributed by atoms with van der Waals surface area (Å²) in [5.74, 6) is 0.564.